The Hall–Kier alpha value is -3.21. The molecule has 0 spiro atoms. The molecule has 1 aliphatic carbocycles. The highest BCUT2D eigenvalue weighted by Crippen LogP contribution is 2.41. The highest BCUT2D eigenvalue weighted by Gasteiger charge is 2.43. The Morgan fingerprint density at radius 2 is 1.75 bits per heavy atom. The van der Waals surface area contributed by atoms with Gasteiger partial charge in [-0.25, -0.2) is 0 Å². The fourth-order valence-corrected chi connectivity index (χ4v) is 3.53. The summed E-state index contributed by atoms with van der Waals surface area (Å²) >= 11 is 0. The molecule has 2 N–H and O–H groups in total. The van der Waals surface area contributed by atoms with Gasteiger partial charge < -0.3 is 10.4 Å². The van der Waals surface area contributed by atoms with Crippen molar-refractivity contribution in [2.45, 2.75) is 33.1 Å². The van der Waals surface area contributed by atoms with E-state index < -0.39 is 17.1 Å². The second-order valence-electron chi connectivity index (χ2n) is 7.64. The number of ketones is 2. The third-order valence-electron chi connectivity index (χ3n) is 5.16. The van der Waals surface area contributed by atoms with E-state index in [4.69, 9.17) is 0 Å². The molecule has 0 aliphatic heterocycles. The van der Waals surface area contributed by atoms with E-state index in [1.807, 2.05) is 43.3 Å². The predicted molar refractivity (Wildman–Crippen MR) is 108 cm³/mol. The lowest BCUT2D eigenvalue weighted by Crippen LogP contribution is -2.42. The van der Waals surface area contributed by atoms with Crippen LogP contribution in [0.4, 0.5) is 0 Å². The van der Waals surface area contributed by atoms with Crippen molar-refractivity contribution in [1.29, 1.82) is 0 Å². The summed E-state index contributed by atoms with van der Waals surface area (Å²) in [4.78, 5) is 36.7. The van der Waals surface area contributed by atoms with E-state index in [-0.39, 0.29) is 23.7 Å². The van der Waals surface area contributed by atoms with Gasteiger partial charge in [-0.15, -0.1) is 0 Å². The Bertz CT molecular complexity index is 1030. The number of aliphatic hydroxyl groups is 1. The first kappa shape index (κ1) is 19.5. The standard InChI is InChI=1S/C23H23NO4/c1-13-7-5-6-8-16(13)15-9-10-18-17(11-15)20(26)19(21(27)23(18,3)4)22(28)24-12-14(2)25/h5-11,26H,12H2,1-4H3,(H,24,28). The van der Waals surface area contributed by atoms with Gasteiger partial charge in [0.2, 0.25) is 0 Å². The van der Waals surface area contributed by atoms with Crippen molar-refractivity contribution in [3.8, 4) is 11.1 Å². The first-order chi connectivity index (χ1) is 13.1. The number of aliphatic hydroxyl groups excluding tert-OH is 1. The maximum Gasteiger partial charge on any atom is 0.259 e. The van der Waals surface area contributed by atoms with Gasteiger partial charge in [0.25, 0.3) is 5.91 Å². The molecule has 144 valence electrons. The summed E-state index contributed by atoms with van der Waals surface area (Å²) in [5, 5.41) is 13.2. The van der Waals surface area contributed by atoms with Crippen molar-refractivity contribution in [1.82, 2.24) is 5.32 Å². The maximum atomic E-state index is 13.0. The molecule has 2 aromatic rings. The minimum Gasteiger partial charge on any atom is -0.506 e. The zero-order chi connectivity index (χ0) is 20.6. The molecule has 0 heterocycles. The van der Waals surface area contributed by atoms with Crippen LogP contribution >= 0.6 is 0 Å². The first-order valence-corrected chi connectivity index (χ1v) is 9.11. The van der Waals surface area contributed by atoms with E-state index in [0.29, 0.717) is 11.1 Å². The van der Waals surface area contributed by atoms with Crippen LogP contribution in [-0.2, 0) is 19.8 Å². The largest absolute Gasteiger partial charge is 0.506 e. The summed E-state index contributed by atoms with van der Waals surface area (Å²) in [7, 11) is 0. The predicted octanol–water partition coefficient (Wildman–Crippen LogP) is 3.50. The van der Waals surface area contributed by atoms with Crippen LogP contribution in [0.5, 0.6) is 0 Å². The van der Waals surface area contributed by atoms with Crippen LogP contribution in [0.3, 0.4) is 0 Å². The van der Waals surface area contributed by atoms with Crippen molar-refractivity contribution < 1.29 is 19.5 Å². The van der Waals surface area contributed by atoms with Crippen LogP contribution < -0.4 is 5.32 Å². The van der Waals surface area contributed by atoms with E-state index in [9.17, 15) is 19.5 Å². The topological polar surface area (TPSA) is 83.5 Å². The quantitative estimate of drug-likeness (QED) is 0.799. The van der Waals surface area contributed by atoms with Crippen molar-refractivity contribution in [2.75, 3.05) is 6.54 Å². The van der Waals surface area contributed by atoms with E-state index in [1.54, 1.807) is 19.9 Å². The Morgan fingerprint density at radius 3 is 2.39 bits per heavy atom. The second-order valence-corrected chi connectivity index (χ2v) is 7.64. The molecule has 1 aliphatic rings. The Balaban J connectivity index is 2.16. The van der Waals surface area contributed by atoms with Gasteiger partial charge in [0.1, 0.15) is 17.1 Å². The normalized spacial score (nSPS) is 15.2. The van der Waals surface area contributed by atoms with Gasteiger partial charge in [-0.1, -0.05) is 36.4 Å². The molecule has 3 rings (SSSR count). The summed E-state index contributed by atoms with van der Waals surface area (Å²) < 4.78 is 0. The lowest BCUT2D eigenvalue weighted by molar-refractivity contribution is -0.126. The number of carbonyl (C=O) groups is 3. The average Bonchev–Trinajstić information content (AvgIpc) is 2.65. The van der Waals surface area contributed by atoms with E-state index in [1.165, 1.54) is 6.92 Å². The molecule has 0 aromatic heterocycles. The highest BCUT2D eigenvalue weighted by atomic mass is 16.3. The van der Waals surface area contributed by atoms with Gasteiger partial charge in [-0.3, -0.25) is 14.4 Å². The van der Waals surface area contributed by atoms with Crippen molar-refractivity contribution in [2.24, 2.45) is 0 Å². The van der Waals surface area contributed by atoms with E-state index in [2.05, 4.69) is 5.32 Å². The molecule has 2 aromatic carbocycles. The fraction of sp³-hybridized carbons (Fsp3) is 0.261. The summed E-state index contributed by atoms with van der Waals surface area (Å²) in [6, 6.07) is 13.4. The number of hydrogen-bond donors (Lipinski definition) is 2. The summed E-state index contributed by atoms with van der Waals surface area (Å²) in [6.07, 6.45) is 0. The fourth-order valence-electron chi connectivity index (χ4n) is 3.53. The lowest BCUT2D eigenvalue weighted by atomic mass is 9.70. The summed E-state index contributed by atoms with van der Waals surface area (Å²) in [5.41, 5.74) is 2.81. The molecule has 0 radical (unpaired) electrons. The average molecular weight is 377 g/mol. The van der Waals surface area contributed by atoms with Gasteiger partial charge in [-0.05, 0) is 56.0 Å². The molecule has 0 unspecified atom stereocenters. The molecule has 1 amide bonds. The maximum absolute atomic E-state index is 13.0. The number of rotatable bonds is 4. The first-order valence-electron chi connectivity index (χ1n) is 9.11. The number of aryl methyl sites for hydroxylation is 1. The number of amides is 1. The van der Waals surface area contributed by atoms with Gasteiger partial charge in [0, 0.05) is 5.56 Å². The third kappa shape index (κ3) is 3.24. The highest BCUT2D eigenvalue weighted by molar-refractivity contribution is 6.28. The number of Topliss-reactive ketones (excluding diaryl/α,β-unsaturated/α-hetero) is 2. The molecule has 0 bridgehead atoms. The molecular weight excluding hydrogens is 354 g/mol. The van der Waals surface area contributed by atoms with Crippen LogP contribution in [0.2, 0.25) is 0 Å². The third-order valence-corrected chi connectivity index (χ3v) is 5.16. The molecule has 0 saturated heterocycles. The summed E-state index contributed by atoms with van der Waals surface area (Å²) in [6.45, 7) is 6.60. The SMILES string of the molecule is CC(=O)CNC(=O)C1=C(O)c2cc(-c3ccccc3C)ccc2C(C)(C)C1=O. The van der Waals surface area contributed by atoms with Crippen molar-refractivity contribution >= 4 is 23.2 Å². The van der Waals surface area contributed by atoms with E-state index >= 15 is 0 Å². The molecule has 5 nitrogen and oxygen atoms in total. The molecule has 5 heteroatoms. The molecule has 28 heavy (non-hydrogen) atoms. The smallest absolute Gasteiger partial charge is 0.259 e. The Morgan fingerprint density at radius 1 is 1.07 bits per heavy atom. The summed E-state index contributed by atoms with van der Waals surface area (Å²) in [5.74, 6) is -1.80. The molecule has 0 fully saturated rings. The van der Waals surface area contributed by atoms with Crippen LogP contribution in [0.25, 0.3) is 16.9 Å². The minimum absolute atomic E-state index is 0.195. The number of fused-ring (bicyclic) bond motifs is 1. The zero-order valence-corrected chi connectivity index (χ0v) is 16.4. The van der Waals surface area contributed by atoms with Crippen LogP contribution in [0, 0.1) is 6.92 Å². The van der Waals surface area contributed by atoms with Gasteiger partial charge in [0.15, 0.2) is 5.78 Å². The lowest BCUT2D eigenvalue weighted by Gasteiger charge is -2.32. The number of carbonyl (C=O) groups excluding carboxylic acids is 3. The minimum atomic E-state index is -0.977. The van der Waals surface area contributed by atoms with Crippen LogP contribution in [-0.4, -0.2) is 29.1 Å². The van der Waals surface area contributed by atoms with Crippen molar-refractivity contribution in [3.05, 3.63) is 64.7 Å². The monoisotopic (exact) mass is 377 g/mol. The van der Waals surface area contributed by atoms with Gasteiger partial charge in [0.05, 0.1) is 12.0 Å². The van der Waals surface area contributed by atoms with Gasteiger partial charge >= 0.3 is 0 Å². The van der Waals surface area contributed by atoms with Crippen molar-refractivity contribution in [3.63, 3.8) is 0 Å². The van der Waals surface area contributed by atoms with Crippen LogP contribution in [0.15, 0.2) is 48.0 Å². The Labute approximate surface area is 164 Å². The number of nitrogens with one attached hydrogen (secondary N) is 1. The number of benzene rings is 2. The van der Waals surface area contributed by atoms with Crippen LogP contribution in [0.1, 0.15) is 37.5 Å². The second kappa shape index (κ2) is 7.08. The molecule has 0 atom stereocenters. The van der Waals surface area contributed by atoms with Gasteiger partial charge in [-0.2, -0.15) is 0 Å². The number of hydrogen-bond acceptors (Lipinski definition) is 4. The Kier molecular flexibility index (Phi) is 4.94. The molecular formula is C23H23NO4. The molecule has 0 saturated carbocycles. The van der Waals surface area contributed by atoms with E-state index in [0.717, 1.165) is 16.7 Å². The zero-order valence-electron chi connectivity index (χ0n) is 16.4.